The number of hydrogen-bond donors (Lipinski definition) is 1. The van der Waals surface area contributed by atoms with Crippen molar-refractivity contribution in [3.05, 3.63) is 70.3 Å². The summed E-state index contributed by atoms with van der Waals surface area (Å²) in [5, 5.41) is 7.73. The average molecular weight is 541 g/mol. The third-order valence-corrected chi connectivity index (χ3v) is 5.83. The molecule has 1 aromatic heterocycles. The van der Waals surface area contributed by atoms with Crippen LogP contribution in [0.3, 0.4) is 0 Å². The van der Waals surface area contributed by atoms with E-state index in [9.17, 15) is 9.59 Å². The first-order chi connectivity index (χ1) is 16.5. The van der Waals surface area contributed by atoms with E-state index in [1.807, 2.05) is 56.3 Å². The van der Waals surface area contributed by atoms with Gasteiger partial charge >= 0.3 is 0 Å². The Hall–Kier alpha value is -3.13. The van der Waals surface area contributed by atoms with Gasteiger partial charge in [0, 0.05) is 28.1 Å². The number of hydrogen-bond acceptors (Lipinski definition) is 4. The fourth-order valence-corrected chi connectivity index (χ4v) is 3.98. The molecule has 0 fully saturated rings. The van der Waals surface area contributed by atoms with Crippen LogP contribution in [0.4, 0.5) is 5.82 Å². The fourth-order valence-electron chi connectivity index (χ4n) is 3.58. The van der Waals surface area contributed by atoms with E-state index in [1.165, 1.54) is 0 Å². The molecule has 0 spiro atoms. The molecule has 0 saturated heterocycles. The standard InChI is InChI=1S/C27H33BrN4O3/c1-18(2)16-31(26(34)19-8-7-9-20(28)14-19)17-25(33)29-24-15-23(27(3,4)5)30-32(24)21-10-12-22(35-6)13-11-21/h7-15,18H,16-17H2,1-6H3,(H,29,33). The van der Waals surface area contributed by atoms with Crippen LogP contribution in [0.15, 0.2) is 59.1 Å². The number of aromatic nitrogens is 2. The molecule has 0 saturated carbocycles. The first-order valence-corrected chi connectivity index (χ1v) is 12.4. The normalized spacial score (nSPS) is 11.4. The lowest BCUT2D eigenvalue weighted by molar-refractivity contribution is -0.117. The molecule has 2 aromatic carbocycles. The Morgan fingerprint density at radius 1 is 1.11 bits per heavy atom. The van der Waals surface area contributed by atoms with Gasteiger partial charge in [-0.15, -0.1) is 0 Å². The van der Waals surface area contributed by atoms with Gasteiger partial charge in [-0.05, 0) is 48.4 Å². The third-order valence-electron chi connectivity index (χ3n) is 5.34. The van der Waals surface area contributed by atoms with Crippen LogP contribution in [-0.4, -0.2) is 46.7 Å². The number of carbonyl (C=O) groups is 2. The second-order valence-electron chi connectivity index (χ2n) is 9.91. The Labute approximate surface area is 215 Å². The van der Waals surface area contributed by atoms with Crippen molar-refractivity contribution in [3.8, 4) is 11.4 Å². The van der Waals surface area contributed by atoms with E-state index in [4.69, 9.17) is 9.84 Å². The highest BCUT2D eigenvalue weighted by atomic mass is 79.9. The highest BCUT2D eigenvalue weighted by Crippen LogP contribution is 2.27. The number of benzene rings is 2. The van der Waals surface area contributed by atoms with E-state index in [0.717, 1.165) is 21.6 Å². The van der Waals surface area contributed by atoms with E-state index in [0.29, 0.717) is 17.9 Å². The Morgan fingerprint density at radius 2 is 1.80 bits per heavy atom. The number of methoxy groups -OCH3 is 1. The maximum absolute atomic E-state index is 13.2. The quantitative estimate of drug-likeness (QED) is 0.398. The van der Waals surface area contributed by atoms with Gasteiger partial charge in [-0.1, -0.05) is 56.6 Å². The second kappa shape index (κ2) is 11.1. The average Bonchev–Trinajstić information content (AvgIpc) is 3.22. The molecule has 186 valence electrons. The van der Waals surface area contributed by atoms with Gasteiger partial charge in [-0.2, -0.15) is 5.10 Å². The molecule has 3 aromatic rings. The van der Waals surface area contributed by atoms with Crippen LogP contribution in [-0.2, 0) is 10.2 Å². The summed E-state index contributed by atoms with van der Waals surface area (Å²) < 4.78 is 7.79. The predicted molar refractivity (Wildman–Crippen MR) is 142 cm³/mol. The summed E-state index contributed by atoms with van der Waals surface area (Å²) in [5.41, 5.74) is 1.96. The molecule has 0 aliphatic carbocycles. The first kappa shape index (κ1) is 26.5. The Kier molecular flexibility index (Phi) is 8.38. The van der Waals surface area contributed by atoms with Crippen molar-refractivity contribution < 1.29 is 14.3 Å². The van der Waals surface area contributed by atoms with Gasteiger partial charge in [0.05, 0.1) is 18.5 Å². The van der Waals surface area contributed by atoms with E-state index >= 15 is 0 Å². The van der Waals surface area contributed by atoms with E-state index in [2.05, 4.69) is 42.0 Å². The van der Waals surface area contributed by atoms with Gasteiger partial charge < -0.3 is 15.0 Å². The lowest BCUT2D eigenvalue weighted by Gasteiger charge is -2.24. The second-order valence-corrected chi connectivity index (χ2v) is 10.8. The van der Waals surface area contributed by atoms with E-state index < -0.39 is 0 Å². The Morgan fingerprint density at radius 3 is 2.37 bits per heavy atom. The Bertz CT molecular complexity index is 1180. The molecular formula is C27H33BrN4O3. The lowest BCUT2D eigenvalue weighted by Crippen LogP contribution is -2.40. The van der Waals surface area contributed by atoms with Crippen molar-refractivity contribution in [2.24, 2.45) is 5.92 Å². The lowest BCUT2D eigenvalue weighted by atomic mass is 9.92. The highest BCUT2D eigenvalue weighted by molar-refractivity contribution is 9.10. The summed E-state index contributed by atoms with van der Waals surface area (Å²) >= 11 is 3.42. The molecule has 8 heteroatoms. The van der Waals surface area contributed by atoms with Gasteiger partial charge in [0.15, 0.2) is 0 Å². The summed E-state index contributed by atoms with van der Waals surface area (Å²) in [6.45, 7) is 10.6. The predicted octanol–water partition coefficient (Wildman–Crippen LogP) is 5.68. The maximum atomic E-state index is 13.2. The topological polar surface area (TPSA) is 76.5 Å². The van der Waals surface area contributed by atoms with Crippen LogP contribution in [0.25, 0.3) is 5.69 Å². The van der Waals surface area contributed by atoms with Crippen molar-refractivity contribution in [3.63, 3.8) is 0 Å². The highest BCUT2D eigenvalue weighted by Gasteiger charge is 2.24. The zero-order valence-electron chi connectivity index (χ0n) is 21.1. The molecule has 0 aliphatic rings. The minimum Gasteiger partial charge on any atom is -0.497 e. The summed E-state index contributed by atoms with van der Waals surface area (Å²) in [4.78, 5) is 28.0. The molecule has 0 radical (unpaired) electrons. The minimum absolute atomic E-state index is 0.0673. The molecule has 35 heavy (non-hydrogen) atoms. The van der Waals surface area contributed by atoms with Gasteiger partial charge in [0.2, 0.25) is 5.91 Å². The molecule has 0 aliphatic heterocycles. The van der Waals surface area contributed by atoms with Crippen molar-refractivity contribution >= 4 is 33.6 Å². The van der Waals surface area contributed by atoms with E-state index in [1.54, 1.807) is 28.8 Å². The number of nitrogens with zero attached hydrogens (tertiary/aromatic N) is 3. The number of rotatable bonds is 8. The molecule has 0 atom stereocenters. The smallest absolute Gasteiger partial charge is 0.254 e. The molecule has 0 bridgehead atoms. The van der Waals surface area contributed by atoms with Crippen LogP contribution in [0.1, 0.15) is 50.7 Å². The Balaban J connectivity index is 1.87. The molecule has 0 unspecified atom stereocenters. The SMILES string of the molecule is COc1ccc(-n2nc(C(C)(C)C)cc2NC(=O)CN(CC(C)C)C(=O)c2cccc(Br)c2)cc1. The van der Waals surface area contributed by atoms with Crippen LogP contribution in [0.5, 0.6) is 5.75 Å². The van der Waals surface area contributed by atoms with E-state index in [-0.39, 0.29) is 29.7 Å². The molecule has 3 rings (SSSR count). The van der Waals surface area contributed by atoms with Crippen molar-refractivity contribution in [2.75, 3.05) is 25.5 Å². The molecular weight excluding hydrogens is 508 g/mol. The van der Waals surface area contributed by atoms with Gasteiger partial charge in [0.25, 0.3) is 5.91 Å². The van der Waals surface area contributed by atoms with Gasteiger partial charge in [-0.25, -0.2) is 4.68 Å². The van der Waals surface area contributed by atoms with Crippen LogP contribution >= 0.6 is 15.9 Å². The summed E-state index contributed by atoms with van der Waals surface area (Å²) in [6, 6.07) is 16.5. The zero-order chi connectivity index (χ0) is 25.8. The zero-order valence-corrected chi connectivity index (χ0v) is 22.7. The first-order valence-electron chi connectivity index (χ1n) is 11.6. The number of nitrogens with one attached hydrogen (secondary N) is 1. The van der Waals surface area contributed by atoms with Crippen LogP contribution < -0.4 is 10.1 Å². The molecule has 1 N–H and O–H groups in total. The number of ether oxygens (including phenoxy) is 1. The van der Waals surface area contributed by atoms with Crippen LogP contribution in [0, 0.1) is 5.92 Å². The molecule has 7 nitrogen and oxygen atoms in total. The minimum atomic E-state index is -0.288. The van der Waals surface area contributed by atoms with Crippen molar-refractivity contribution in [1.29, 1.82) is 0 Å². The summed E-state index contributed by atoms with van der Waals surface area (Å²) in [7, 11) is 1.62. The summed E-state index contributed by atoms with van der Waals surface area (Å²) in [6.07, 6.45) is 0. The maximum Gasteiger partial charge on any atom is 0.254 e. The van der Waals surface area contributed by atoms with Gasteiger partial charge in [0.1, 0.15) is 18.1 Å². The number of amides is 2. The molecule has 2 amide bonds. The van der Waals surface area contributed by atoms with Crippen molar-refractivity contribution in [2.45, 2.75) is 40.0 Å². The third kappa shape index (κ3) is 6.94. The van der Waals surface area contributed by atoms with Crippen molar-refractivity contribution in [1.82, 2.24) is 14.7 Å². The van der Waals surface area contributed by atoms with Crippen LogP contribution in [0.2, 0.25) is 0 Å². The van der Waals surface area contributed by atoms with Gasteiger partial charge in [-0.3, -0.25) is 9.59 Å². The number of halogens is 1. The summed E-state index contributed by atoms with van der Waals surface area (Å²) in [5.74, 6) is 1.01. The monoisotopic (exact) mass is 540 g/mol. The fraction of sp³-hybridized carbons (Fsp3) is 0.370. The number of anilines is 1. The largest absolute Gasteiger partial charge is 0.497 e. The molecule has 1 heterocycles. The number of carbonyl (C=O) groups excluding carboxylic acids is 2.